The van der Waals surface area contributed by atoms with Gasteiger partial charge < -0.3 is 4.52 Å². The van der Waals surface area contributed by atoms with Gasteiger partial charge in [-0.2, -0.15) is 4.98 Å². The minimum atomic E-state index is 0.562. The van der Waals surface area contributed by atoms with Crippen molar-refractivity contribution < 1.29 is 4.52 Å². The van der Waals surface area contributed by atoms with E-state index in [1.165, 1.54) is 16.7 Å². The zero-order chi connectivity index (χ0) is 14.1. The van der Waals surface area contributed by atoms with Crippen LogP contribution in [0.2, 0.25) is 0 Å². The molecule has 1 heterocycles. The Morgan fingerprint density at radius 1 is 0.750 bits per heavy atom. The number of rotatable bonds is 2. The molecule has 0 atom stereocenters. The van der Waals surface area contributed by atoms with Crippen LogP contribution in [0.4, 0.5) is 0 Å². The van der Waals surface area contributed by atoms with Crippen LogP contribution in [-0.2, 0) is 0 Å². The molecule has 20 heavy (non-hydrogen) atoms. The van der Waals surface area contributed by atoms with Gasteiger partial charge in [-0.05, 0) is 32.9 Å². The summed E-state index contributed by atoms with van der Waals surface area (Å²) >= 11 is 0. The van der Waals surface area contributed by atoms with Crippen molar-refractivity contribution in [3.05, 3.63) is 59.2 Å². The highest BCUT2D eigenvalue weighted by molar-refractivity contribution is 5.61. The average Bonchev–Trinajstić information content (AvgIpc) is 2.88. The van der Waals surface area contributed by atoms with Gasteiger partial charge in [0.05, 0.1) is 0 Å². The van der Waals surface area contributed by atoms with Crippen LogP contribution in [-0.4, -0.2) is 10.1 Å². The summed E-state index contributed by atoms with van der Waals surface area (Å²) < 4.78 is 5.38. The first-order valence-corrected chi connectivity index (χ1v) is 6.61. The molecule has 2 aromatic carbocycles. The van der Waals surface area contributed by atoms with E-state index in [-0.39, 0.29) is 0 Å². The first-order valence-electron chi connectivity index (χ1n) is 6.61. The van der Waals surface area contributed by atoms with Crippen molar-refractivity contribution in [2.75, 3.05) is 0 Å². The fourth-order valence-corrected chi connectivity index (χ4v) is 2.26. The maximum Gasteiger partial charge on any atom is 0.258 e. The number of benzene rings is 2. The predicted molar refractivity (Wildman–Crippen MR) is 79.4 cm³/mol. The minimum absolute atomic E-state index is 0.562. The quantitative estimate of drug-likeness (QED) is 0.691. The maximum atomic E-state index is 5.38. The smallest absolute Gasteiger partial charge is 0.258 e. The van der Waals surface area contributed by atoms with Crippen LogP contribution in [0.5, 0.6) is 0 Å². The second-order valence-electron chi connectivity index (χ2n) is 5.17. The van der Waals surface area contributed by atoms with Crippen LogP contribution in [0.15, 0.2) is 47.0 Å². The van der Waals surface area contributed by atoms with Gasteiger partial charge in [-0.25, -0.2) is 0 Å². The van der Waals surface area contributed by atoms with E-state index >= 15 is 0 Å². The number of aryl methyl sites for hydroxylation is 3. The van der Waals surface area contributed by atoms with Crippen molar-refractivity contribution in [2.24, 2.45) is 0 Å². The van der Waals surface area contributed by atoms with E-state index < -0.39 is 0 Å². The van der Waals surface area contributed by atoms with Gasteiger partial charge in [-0.3, -0.25) is 0 Å². The standard InChI is InChI=1S/C17H16N2O/c1-11-4-6-14(7-5-11)16-18-17(20-19-16)15-9-12(2)8-13(3)10-15/h4-10H,1-3H3. The van der Waals surface area contributed by atoms with Crippen LogP contribution in [0.3, 0.4) is 0 Å². The first kappa shape index (κ1) is 12.6. The second kappa shape index (κ2) is 4.93. The van der Waals surface area contributed by atoms with E-state index in [0.29, 0.717) is 11.7 Å². The monoisotopic (exact) mass is 264 g/mol. The van der Waals surface area contributed by atoms with Crippen LogP contribution in [0.1, 0.15) is 16.7 Å². The zero-order valence-corrected chi connectivity index (χ0v) is 11.8. The highest BCUT2D eigenvalue weighted by atomic mass is 16.5. The Labute approximate surface area is 118 Å². The van der Waals surface area contributed by atoms with Crippen LogP contribution in [0, 0.1) is 20.8 Å². The number of nitrogens with zero attached hydrogens (tertiary/aromatic N) is 2. The molecule has 100 valence electrons. The Balaban J connectivity index is 1.99. The lowest BCUT2D eigenvalue weighted by molar-refractivity contribution is 0.432. The summed E-state index contributed by atoms with van der Waals surface area (Å²) in [6.07, 6.45) is 0. The fourth-order valence-electron chi connectivity index (χ4n) is 2.26. The summed E-state index contributed by atoms with van der Waals surface area (Å²) in [4.78, 5) is 4.48. The van der Waals surface area contributed by atoms with Crippen molar-refractivity contribution in [1.82, 2.24) is 10.1 Å². The Kier molecular flexibility index (Phi) is 3.11. The molecule has 0 aliphatic carbocycles. The molecule has 3 aromatic rings. The Morgan fingerprint density at radius 2 is 1.40 bits per heavy atom. The predicted octanol–water partition coefficient (Wildman–Crippen LogP) is 4.33. The number of hydrogen-bond donors (Lipinski definition) is 0. The van der Waals surface area contributed by atoms with Crippen molar-refractivity contribution in [1.29, 1.82) is 0 Å². The molecule has 3 rings (SSSR count). The summed E-state index contributed by atoms with van der Waals surface area (Å²) in [6, 6.07) is 14.3. The lowest BCUT2D eigenvalue weighted by Gasteiger charge is -1.99. The van der Waals surface area contributed by atoms with Gasteiger partial charge in [0.1, 0.15) is 0 Å². The normalized spacial score (nSPS) is 10.8. The molecule has 0 N–H and O–H groups in total. The molecule has 0 saturated heterocycles. The third kappa shape index (κ3) is 2.48. The molecule has 0 unspecified atom stereocenters. The largest absolute Gasteiger partial charge is 0.334 e. The Bertz CT molecular complexity index is 722. The molecule has 0 aliphatic heterocycles. The zero-order valence-electron chi connectivity index (χ0n) is 11.8. The van der Waals surface area contributed by atoms with E-state index in [1.807, 2.05) is 24.3 Å². The van der Waals surface area contributed by atoms with E-state index in [0.717, 1.165) is 11.1 Å². The van der Waals surface area contributed by atoms with Gasteiger partial charge in [0.2, 0.25) is 5.82 Å². The molecule has 0 radical (unpaired) electrons. The van der Waals surface area contributed by atoms with E-state index in [4.69, 9.17) is 4.52 Å². The third-order valence-electron chi connectivity index (χ3n) is 3.20. The van der Waals surface area contributed by atoms with Crippen molar-refractivity contribution in [3.8, 4) is 22.8 Å². The van der Waals surface area contributed by atoms with Gasteiger partial charge in [-0.15, -0.1) is 0 Å². The Morgan fingerprint density at radius 3 is 2.05 bits per heavy atom. The van der Waals surface area contributed by atoms with Crippen molar-refractivity contribution >= 4 is 0 Å². The van der Waals surface area contributed by atoms with Gasteiger partial charge in [-0.1, -0.05) is 52.2 Å². The summed E-state index contributed by atoms with van der Waals surface area (Å²) in [5.74, 6) is 1.19. The van der Waals surface area contributed by atoms with E-state index in [2.05, 4.69) is 49.1 Å². The van der Waals surface area contributed by atoms with Crippen molar-refractivity contribution in [2.45, 2.75) is 20.8 Å². The molecule has 3 nitrogen and oxygen atoms in total. The maximum absolute atomic E-state index is 5.38. The van der Waals surface area contributed by atoms with Crippen LogP contribution in [0.25, 0.3) is 22.8 Å². The van der Waals surface area contributed by atoms with Gasteiger partial charge in [0.15, 0.2) is 0 Å². The SMILES string of the molecule is Cc1ccc(-c2noc(-c3cc(C)cc(C)c3)n2)cc1. The highest BCUT2D eigenvalue weighted by Gasteiger charge is 2.11. The average molecular weight is 264 g/mol. The molecule has 0 spiro atoms. The first-order chi connectivity index (χ1) is 9.61. The lowest BCUT2D eigenvalue weighted by Crippen LogP contribution is -1.84. The number of aromatic nitrogens is 2. The summed E-state index contributed by atoms with van der Waals surface area (Å²) in [5.41, 5.74) is 5.53. The molecule has 3 heteroatoms. The Hall–Kier alpha value is -2.42. The lowest BCUT2D eigenvalue weighted by atomic mass is 10.1. The molecular formula is C17H16N2O. The minimum Gasteiger partial charge on any atom is -0.334 e. The molecule has 1 aromatic heterocycles. The summed E-state index contributed by atoms with van der Waals surface area (Å²) in [6.45, 7) is 6.18. The van der Waals surface area contributed by atoms with Crippen molar-refractivity contribution in [3.63, 3.8) is 0 Å². The van der Waals surface area contributed by atoms with Gasteiger partial charge in [0, 0.05) is 11.1 Å². The van der Waals surface area contributed by atoms with Gasteiger partial charge in [0.25, 0.3) is 5.89 Å². The molecule has 0 saturated carbocycles. The van der Waals surface area contributed by atoms with E-state index in [9.17, 15) is 0 Å². The molecule has 0 aliphatic rings. The van der Waals surface area contributed by atoms with Crippen LogP contribution >= 0.6 is 0 Å². The molecule has 0 fully saturated rings. The van der Waals surface area contributed by atoms with E-state index in [1.54, 1.807) is 0 Å². The molecular weight excluding hydrogens is 248 g/mol. The summed E-state index contributed by atoms with van der Waals surface area (Å²) in [7, 11) is 0. The second-order valence-corrected chi connectivity index (χ2v) is 5.17. The highest BCUT2D eigenvalue weighted by Crippen LogP contribution is 2.24. The summed E-state index contributed by atoms with van der Waals surface area (Å²) in [5, 5.41) is 4.07. The topological polar surface area (TPSA) is 38.9 Å². The molecule has 0 amide bonds. The number of hydrogen-bond acceptors (Lipinski definition) is 3. The van der Waals surface area contributed by atoms with Crippen LogP contribution < -0.4 is 0 Å². The van der Waals surface area contributed by atoms with Gasteiger partial charge >= 0.3 is 0 Å². The third-order valence-corrected chi connectivity index (χ3v) is 3.20. The molecule has 0 bridgehead atoms. The fraction of sp³-hybridized carbons (Fsp3) is 0.176.